The van der Waals surface area contributed by atoms with Crippen molar-refractivity contribution in [2.75, 3.05) is 13.1 Å². The lowest BCUT2D eigenvalue weighted by Crippen LogP contribution is -2.42. The van der Waals surface area contributed by atoms with Crippen molar-refractivity contribution in [3.63, 3.8) is 0 Å². The number of imide groups is 1. The molecule has 80 valence electrons. The molecule has 14 heavy (non-hydrogen) atoms. The molecule has 0 aromatic rings. The van der Waals surface area contributed by atoms with E-state index in [0.29, 0.717) is 13.1 Å². The van der Waals surface area contributed by atoms with Crippen LogP contribution in [0, 0.1) is 0 Å². The van der Waals surface area contributed by atoms with Crippen LogP contribution in [0.3, 0.4) is 0 Å². The summed E-state index contributed by atoms with van der Waals surface area (Å²) < 4.78 is 0. The normalized spacial score (nSPS) is 20.1. The average molecular weight is 219 g/mol. The van der Waals surface area contributed by atoms with Gasteiger partial charge in [-0.2, -0.15) is 0 Å². The van der Waals surface area contributed by atoms with Gasteiger partial charge in [-0.05, 0) is 24.4 Å². The Hall–Kier alpha value is -0.770. The number of nitrogens with zero attached hydrogens (tertiary/aromatic N) is 1. The number of hydrogen-bond acceptors (Lipinski definition) is 2. The topological polar surface area (TPSA) is 49.4 Å². The largest absolute Gasteiger partial charge is 0.338 e. The second kappa shape index (κ2) is 5.86. The van der Waals surface area contributed by atoms with E-state index in [4.69, 9.17) is 11.6 Å². The van der Waals surface area contributed by atoms with E-state index in [2.05, 4.69) is 5.32 Å². The zero-order valence-electron chi connectivity index (χ0n) is 8.09. The Bertz CT molecular complexity index is 221. The van der Waals surface area contributed by atoms with Crippen molar-refractivity contribution in [2.24, 2.45) is 0 Å². The molecule has 1 fully saturated rings. The first-order valence-corrected chi connectivity index (χ1v) is 5.34. The van der Waals surface area contributed by atoms with Gasteiger partial charge >= 0.3 is 11.4 Å². The highest BCUT2D eigenvalue weighted by Gasteiger charge is 2.18. The molecule has 0 aromatic heterocycles. The Morgan fingerprint density at radius 3 is 2.57 bits per heavy atom. The van der Waals surface area contributed by atoms with E-state index in [9.17, 15) is 9.59 Å². The van der Waals surface area contributed by atoms with Gasteiger partial charge in [-0.25, -0.2) is 4.79 Å². The SMILES string of the molecule is O=C(Cl)N1CCCCCCCNC1=O. The maximum atomic E-state index is 11.4. The van der Waals surface area contributed by atoms with Crippen LogP contribution < -0.4 is 5.32 Å². The van der Waals surface area contributed by atoms with Gasteiger partial charge < -0.3 is 5.32 Å². The van der Waals surface area contributed by atoms with Gasteiger partial charge in [-0.1, -0.05) is 19.3 Å². The van der Waals surface area contributed by atoms with Gasteiger partial charge in [0.15, 0.2) is 0 Å². The first kappa shape index (κ1) is 11.3. The number of urea groups is 1. The zero-order chi connectivity index (χ0) is 10.4. The molecule has 1 rings (SSSR count). The summed E-state index contributed by atoms with van der Waals surface area (Å²) in [5, 5.41) is 1.97. The lowest BCUT2D eigenvalue weighted by atomic mass is 10.1. The number of amides is 3. The van der Waals surface area contributed by atoms with Crippen LogP contribution in [-0.2, 0) is 0 Å². The van der Waals surface area contributed by atoms with Gasteiger partial charge in [0.2, 0.25) is 0 Å². The van der Waals surface area contributed by atoms with Crippen LogP contribution in [0.2, 0.25) is 0 Å². The van der Waals surface area contributed by atoms with Gasteiger partial charge in [0, 0.05) is 13.1 Å². The highest BCUT2D eigenvalue weighted by Crippen LogP contribution is 2.08. The molecule has 5 heteroatoms. The molecule has 0 aliphatic carbocycles. The molecule has 0 spiro atoms. The summed E-state index contributed by atoms with van der Waals surface area (Å²) in [4.78, 5) is 23.3. The Morgan fingerprint density at radius 1 is 1.21 bits per heavy atom. The van der Waals surface area contributed by atoms with Gasteiger partial charge in [0.05, 0.1) is 0 Å². The van der Waals surface area contributed by atoms with Crippen LogP contribution in [-0.4, -0.2) is 29.4 Å². The van der Waals surface area contributed by atoms with E-state index in [1.54, 1.807) is 0 Å². The fourth-order valence-electron chi connectivity index (χ4n) is 1.49. The molecule has 1 saturated heterocycles. The summed E-state index contributed by atoms with van der Waals surface area (Å²) in [7, 11) is 0. The van der Waals surface area contributed by atoms with Crippen molar-refractivity contribution in [2.45, 2.75) is 32.1 Å². The molecule has 0 aromatic carbocycles. The van der Waals surface area contributed by atoms with Gasteiger partial charge in [-0.15, -0.1) is 0 Å². The van der Waals surface area contributed by atoms with Crippen molar-refractivity contribution in [1.29, 1.82) is 0 Å². The Balaban J connectivity index is 2.51. The number of carbonyl (C=O) groups is 2. The predicted molar refractivity (Wildman–Crippen MR) is 54.4 cm³/mol. The lowest BCUT2D eigenvalue weighted by molar-refractivity contribution is 0.196. The van der Waals surface area contributed by atoms with Crippen LogP contribution in [0.25, 0.3) is 0 Å². The Morgan fingerprint density at radius 2 is 1.86 bits per heavy atom. The smallest absolute Gasteiger partial charge is 0.325 e. The van der Waals surface area contributed by atoms with E-state index in [0.717, 1.165) is 37.0 Å². The van der Waals surface area contributed by atoms with Crippen LogP contribution in [0.5, 0.6) is 0 Å². The monoisotopic (exact) mass is 218 g/mol. The third-order valence-corrected chi connectivity index (χ3v) is 2.50. The molecular formula is C9H15ClN2O2. The molecule has 0 bridgehead atoms. The quantitative estimate of drug-likeness (QED) is 0.501. The van der Waals surface area contributed by atoms with E-state index >= 15 is 0 Å². The summed E-state index contributed by atoms with van der Waals surface area (Å²) in [6.07, 6.45) is 5.14. The van der Waals surface area contributed by atoms with Crippen LogP contribution >= 0.6 is 11.6 Å². The molecular weight excluding hydrogens is 204 g/mol. The molecule has 0 atom stereocenters. The minimum Gasteiger partial charge on any atom is -0.338 e. The van der Waals surface area contributed by atoms with Crippen molar-refractivity contribution >= 4 is 23.0 Å². The molecule has 4 nitrogen and oxygen atoms in total. The Labute approximate surface area is 88.6 Å². The first-order valence-electron chi connectivity index (χ1n) is 4.96. The number of rotatable bonds is 0. The van der Waals surface area contributed by atoms with Crippen LogP contribution in [0.1, 0.15) is 32.1 Å². The molecule has 0 radical (unpaired) electrons. The van der Waals surface area contributed by atoms with Crippen LogP contribution in [0.15, 0.2) is 0 Å². The summed E-state index contributed by atoms with van der Waals surface area (Å²) in [6, 6.07) is -0.369. The average Bonchev–Trinajstić information content (AvgIpc) is 2.15. The van der Waals surface area contributed by atoms with Crippen molar-refractivity contribution in [3.05, 3.63) is 0 Å². The van der Waals surface area contributed by atoms with Gasteiger partial charge in [0.25, 0.3) is 0 Å². The second-order valence-electron chi connectivity index (χ2n) is 3.40. The third kappa shape index (κ3) is 3.54. The van der Waals surface area contributed by atoms with Crippen molar-refractivity contribution in [1.82, 2.24) is 10.2 Å². The Kier molecular flexibility index (Phi) is 4.73. The molecule has 0 unspecified atom stereocenters. The maximum Gasteiger partial charge on any atom is 0.325 e. The first-order chi connectivity index (χ1) is 6.72. The highest BCUT2D eigenvalue weighted by molar-refractivity contribution is 6.64. The minimum absolute atomic E-state index is 0.369. The highest BCUT2D eigenvalue weighted by atomic mass is 35.5. The number of halogens is 1. The summed E-state index contributed by atoms with van der Waals surface area (Å²) in [5.41, 5.74) is 0. The standard InChI is InChI=1S/C9H15ClN2O2/c10-8(13)12-7-5-3-1-2-4-6-11-9(12)14/h1-7H2,(H,11,14). The van der Waals surface area contributed by atoms with E-state index < -0.39 is 5.37 Å². The molecule has 1 aliphatic heterocycles. The number of nitrogens with one attached hydrogen (secondary N) is 1. The third-order valence-electron chi connectivity index (χ3n) is 2.29. The summed E-state index contributed by atoms with van der Waals surface area (Å²) in [6.45, 7) is 1.05. The maximum absolute atomic E-state index is 11.4. The fraction of sp³-hybridized carbons (Fsp3) is 0.778. The molecule has 1 heterocycles. The summed E-state index contributed by atoms with van der Waals surface area (Å²) >= 11 is 5.30. The number of carbonyl (C=O) groups excluding carboxylic acids is 2. The van der Waals surface area contributed by atoms with E-state index in [1.165, 1.54) is 0 Å². The predicted octanol–water partition coefficient (Wildman–Crippen LogP) is 2.32. The lowest BCUT2D eigenvalue weighted by Gasteiger charge is -2.19. The number of hydrogen-bond donors (Lipinski definition) is 1. The van der Waals surface area contributed by atoms with Crippen molar-refractivity contribution < 1.29 is 9.59 Å². The zero-order valence-corrected chi connectivity index (χ0v) is 8.85. The van der Waals surface area contributed by atoms with E-state index in [-0.39, 0.29) is 6.03 Å². The van der Waals surface area contributed by atoms with Gasteiger partial charge in [0.1, 0.15) is 0 Å². The minimum atomic E-state index is -0.692. The molecule has 1 N–H and O–H groups in total. The van der Waals surface area contributed by atoms with E-state index in [1.807, 2.05) is 0 Å². The van der Waals surface area contributed by atoms with Crippen molar-refractivity contribution in [3.8, 4) is 0 Å². The summed E-state index contributed by atoms with van der Waals surface area (Å²) in [5.74, 6) is 0. The fourth-order valence-corrected chi connectivity index (χ4v) is 1.65. The molecule has 3 amide bonds. The van der Waals surface area contributed by atoms with Crippen LogP contribution in [0.4, 0.5) is 9.59 Å². The van der Waals surface area contributed by atoms with Gasteiger partial charge in [-0.3, -0.25) is 9.69 Å². The second-order valence-corrected chi connectivity index (χ2v) is 3.73. The molecule has 1 aliphatic rings. The molecule has 0 saturated carbocycles.